The predicted octanol–water partition coefficient (Wildman–Crippen LogP) is 3.11. The Morgan fingerprint density at radius 2 is 1.71 bits per heavy atom. The van der Waals surface area contributed by atoms with E-state index in [1.807, 2.05) is 57.2 Å². The van der Waals surface area contributed by atoms with Gasteiger partial charge in [0.15, 0.2) is 0 Å². The maximum absolute atomic E-state index is 13.8. The molecule has 0 aliphatic carbocycles. The van der Waals surface area contributed by atoms with Crippen LogP contribution < -0.4 is 10.0 Å². The second-order valence-electron chi connectivity index (χ2n) is 10.7. The van der Waals surface area contributed by atoms with Crippen LogP contribution in [0, 0.1) is 18.3 Å². The molecule has 4 rings (SSSR count). The van der Waals surface area contributed by atoms with Crippen LogP contribution in [0.25, 0.3) is 0 Å². The highest BCUT2D eigenvalue weighted by molar-refractivity contribution is 8.00. The van der Waals surface area contributed by atoms with E-state index < -0.39 is 38.9 Å². The van der Waals surface area contributed by atoms with Crippen LogP contribution in [0.4, 0.5) is 0 Å². The van der Waals surface area contributed by atoms with Crippen molar-refractivity contribution in [3.63, 3.8) is 0 Å². The average molecular weight is 607 g/mol. The number of amides is 2. The highest BCUT2D eigenvalue weighted by Crippen LogP contribution is 2.40. The van der Waals surface area contributed by atoms with Gasteiger partial charge in [-0.3, -0.25) is 9.59 Å². The van der Waals surface area contributed by atoms with Crippen molar-refractivity contribution >= 4 is 33.6 Å². The SMILES string of the molecule is Cc1ccccc1CNC(=O)C1N(C(=O)[C@@H](O)[C@H](Cc2ccccc2)NS(=O)(=O)c2ccc(C#N)cc2)CSC1(C)C. The molecule has 2 amide bonds. The molecule has 3 N–H and O–H groups in total. The monoisotopic (exact) mass is 606 g/mol. The third kappa shape index (κ3) is 7.20. The Labute approximate surface area is 251 Å². The fraction of sp³-hybridized carbons (Fsp3) is 0.323. The molecule has 1 heterocycles. The lowest BCUT2D eigenvalue weighted by molar-refractivity contribution is -0.147. The molecule has 1 fully saturated rings. The van der Waals surface area contributed by atoms with Crippen molar-refractivity contribution in [2.75, 3.05) is 5.88 Å². The van der Waals surface area contributed by atoms with E-state index in [1.165, 1.54) is 40.9 Å². The molecular formula is C31H34N4O5S2. The molecule has 42 heavy (non-hydrogen) atoms. The van der Waals surface area contributed by atoms with Gasteiger partial charge in [-0.1, -0.05) is 54.6 Å². The van der Waals surface area contributed by atoms with E-state index in [0.717, 1.165) is 11.1 Å². The van der Waals surface area contributed by atoms with Crippen LogP contribution in [0.1, 0.15) is 36.1 Å². The van der Waals surface area contributed by atoms with Crippen molar-refractivity contribution in [1.82, 2.24) is 14.9 Å². The molecule has 3 aromatic rings. The second kappa shape index (κ2) is 13.1. The van der Waals surface area contributed by atoms with Gasteiger partial charge in [-0.15, -0.1) is 11.8 Å². The zero-order valence-corrected chi connectivity index (χ0v) is 25.3. The number of sulfonamides is 1. The second-order valence-corrected chi connectivity index (χ2v) is 14.0. The minimum Gasteiger partial charge on any atom is -0.382 e. The Balaban J connectivity index is 1.58. The van der Waals surface area contributed by atoms with Crippen LogP contribution in [0.5, 0.6) is 0 Å². The van der Waals surface area contributed by atoms with E-state index in [-0.39, 0.29) is 29.6 Å². The lowest BCUT2D eigenvalue weighted by atomic mass is 9.97. The topological polar surface area (TPSA) is 140 Å². The summed E-state index contributed by atoms with van der Waals surface area (Å²) in [5, 5.41) is 23.4. The number of aliphatic hydroxyl groups excluding tert-OH is 1. The molecule has 0 saturated carbocycles. The number of nitrogens with one attached hydrogen (secondary N) is 2. The highest BCUT2D eigenvalue weighted by atomic mass is 32.2. The summed E-state index contributed by atoms with van der Waals surface area (Å²) in [7, 11) is -4.18. The summed E-state index contributed by atoms with van der Waals surface area (Å²) in [5.41, 5.74) is 2.98. The van der Waals surface area contributed by atoms with Crippen molar-refractivity contribution in [3.05, 3.63) is 101 Å². The zero-order chi connectivity index (χ0) is 30.5. The molecule has 1 aliphatic rings. The molecule has 3 atom stereocenters. The van der Waals surface area contributed by atoms with Gasteiger partial charge >= 0.3 is 0 Å². The summed E-state index contributed by atoms with van der Waals surface area (Å²) in [5.74, 6) is -0.940. The number of rotatable bonds is 10. The van der Waals surface area contributed by atoms with Gasteiger partial charge in [0.1, 0.15) is 12.1 Å². The van der Waals surface area contributed by atoms with Gasteiger partial charge in [0.25, 0.3) is 5.91 Å². The van der Waals surface area contributed by atoms with Crippen molar-refractivity contribution < 1.29 is 23.1 Å². The van der Waals surface area contributed by atoms with Gasteiger partial charge < -0.3 is 15.3 Å². The minimum absolute atomic E-state index is 0.0256. The van der Waals surface area contributed by atoms with Crippen LogP contribution >= 0.6 is 11.8 Å². The van der Waals surface area contributed by atoms with E-state index in [4.69, 9.17) is 5.26 Å². The molecule has 1 aliphatic heterocycles. The molecule has 9 nitrogen and oxygen atoms in total. The number of nitriles is 1. The number of nitrogens with zero attached hydrogens (tertiary/aromatic N) is 2. The molecule has 3 aromatic carbocycles. The molecule has 0 bridgehead atoms. The smallest absolute Gasteiger partial charge is 0.254 e. The lowest BCUT2D eigenvalue weighted by Crippen LogP contribution is -2.58. The predicted molar refractivity (Wildman–Crippen MR) is 162 cm³/mol. The number of aliphatic hydroxyl groups is 1. The molecule has 0 spiro atoms. The summed E-state index contributed by atoms with van der Waals surface area (Å²) in [4.78, 5) is 28.5. The molecule has 0 radical (unpaired) electrons. The summed E-state index contributed by atoms with van der Waals surface area (Å²) < 4.78 is 28.5. The number of carbonyl (C=O) groups excluding carboxylic acids is 2. The number of hydrogen-bond donors (Lipinski definition) is 3. The summed E-state index contributed by atoms with van der Waals surface area (Å²) in [6.07, 6.45) is -1.75. The molecule has 1 unspecified atom stereocenters. The molecule has 0 aromatic heterocycles. The van der Waals surface area contributed by atoms with Gasteiger partial charge in [0, 0.05) is 11.3 Å². The van der Waals surface area contributed by atoms with Gasteiger partial charge in [0.2, 0.25) is 15.9 Å². The molecule has 220 valence electrons. The minimum atomic E-state index is -4.18. The van der Waals surface area contributed by atoms with Crippen molar-refractivity contribution in [2.24, 2.45) is 0 Å². The zero-order valence-electron chi connectivity index (χ0n) is 23.7. The van der Waals surface area contributed by atoms with Gasteiger partial charge in [-0.2, -0.15) is 5.26 Å². The highest BCUT2D eigenvalue weighted by Gasteiger charge is 2.50. The van der Waals surface area contributed by atoms with Crippen LogP contribution in [0.3, 0.4) is 0 Å². The van der Waals surface area contributed by atoms with E-state index in [1.54, 1.807) is 24.3 Å². The van der Waals surface area contributed by atoms with E-state index in [2.05, 4.69) is 10.0 Å². The van der Waals surface area contributed by atoms with Crippen molar-refractivity contribution in [1.29, 1.82) is 5.26 Å². The molecule has 11 heteroatoms. The Bertz CT molecular complexity index is 1570. The number of benzene rings is 3. The van der Waals surface area contributed by atoms with Gasteiger partial charge in [-0.05, 0) is 68.1 Å². The summed E-state index contributed by atoms with van der Waals surface area (Å²) in [6.45, 7) is 5.97. The number of carbonyl (C=O) groups is 2. The first-order valence-corrected chi connectivity index (χ1v) is 15.9. The van der Waals surface area contributed by atoms with E-state index in [0.29, 0.717) is 11.1 Å². The Morgan fingerprint density at radius 1 is 1.07 bits per heavy atom. The fourth-order valence-corrected chi connectivity index (χ4v) is 7.29. The van der Waals surface area contributed by atoms with Gasteiger partial charge in [-0.25, -0.2) is 13.1 Å². The molecule has 1 saturated heterocycles. The molecular weight excluding hydrogens is 572 g/mol. The first-order chi connectivity index (χ1) is 19.9. The normalized spacial score (nSPS) is 17.7. The Morgan fingerprint density at radius 3 is 2.36 bits per heavy atom. The number of thioether (sulfide) groups is 1. The van der Waals surface area contributed by atoms with Gasteiger partial charge in [0.05, 0.1) is 28.4 Å². The third-order valence-electron chi connectivity index (χ3n) is 7.32. The largest absolute Gasteiger partial charge is 0.382 e. The fourth-order valence-electron chi connectivity index (χ4n) is 4.90. The van der Waals surface area contributed by atoms with Crippen LogP contribution in [0.2, 0.25) is 0 Å². The van der Waals surface area contributed by atoms with E-state index in [9.17, 15) is 23.1 Å². The van der Waals surface area contributed by atoms with Crippen LogP contribution in [0.15, 0.2) is 83.8 Å². The van der Waals surface area contributed by atoms with Crippen molar-refractivity contribution in [3.8, 4) is 6.07 Å². The van der Waals surface area contributed by atoms with Crippen LogP contribution in [-0.4, -0.2) is 59.1 Å². The lowest BCUT2D eigenvalue weighted by Gasteiger charge is -2.33. The number of aryl methyl sites for hydroxylation is 1. The third-order valence-corrected chi connectivity index (χ3v) is 10.2. The Kier molecular flexibility index (Phi) is 9.74. The van der Waals surface area contributed by atoms with Crippen LogP contribution in [-0.2, 0) is 32.6 Å². The first kappa shape index (κ1) is 31.3. The number of hydrogen-bond acceptors (Lipinski definition) is 7. The average Bonchev–Trinajstić information content (AvgIpc) is 3.30. The van der Waals surface area contributed by atoms with E-state index >= 15 is 0 Å². The summed E-state index contributed by atoms with van der Waals surface area (Å²) in [6, 6.07) is 21.8. The maximum atomic E-state index is 13.8. The summed E-state index contributed by atoms with van der Waals surface area (Å²) >= 11 is 1.41. The maximum Gasteiger partial charge on any atom is 0.254 e. The standard InChI is InChI=1S/C31H34N4O5S2/c1-21-9-7-8-12-24(21)19-33-29(37)28-31(2,3)41-20-35(28)30(38)27(36)26(17-22-10-5-4-6-11-22)34-42(39,40)25-15-13-23(18-32)14-16-25/h4-16,26-28,34,36H,17,19-20H2,1-3H3,(H,33,37)/t26-,27-,28?/m0/s1. The first-order valence-electron chi connectivity index (χ1n) is 13.4. The Hall–Kier alpha value is -3.69. The van der Waals surface area contributed by atoms with Crippen molar-refractivity contribution in [2.45, 2.75) is 61.6 Å². The quantitative estimate of drug-likeness (QED) is 0.322.